The van der Waals surface area contributed by atoms with Gasteiger partial charge in [0.1, 0.15) is 11.5 Å². The molecule has 2 rings (SSSR count). The molecule has 2 amide bonds. The Kier molecular flexibility index (Phi) is 7.91. The van der Waals surface area contributed by atoms with Crippen LogP contribution in [0.5, 0.6) is 17.2 Å². The smallest absolute Gasteiger partial charge is 0.226 e. The Labute approximate surface area is 176 Å². The summed E-state index contributed by atoms with van der Waals surface area (Å²) < 4.78 is 11.3. The number of nitrogens with one attached hydrogen (secondary N) is 2. The lowest BCUT2D eigenvalue weighted by molar-refractivity contribution is -0.128. The van der Waals surface area contributed by atoms with Crippen LogP contribution < -0.4 is 20.1 Å². The van der Waals surface area contributed by atoms with Crippen LogP contribution in [0, 0.1) is 5.41 Å². The highest BCUT2D eigenvalue weighted by Crippen LogP contribution is 2.32. The fourth-order valence-corrected chi connectivity index (χ4v) is 2.53. The zero-order valence-electron chi connectivity index (χ0n) is 17.2. The molecule has 2 N–H and O–H groups in total. The summed E-state index contributed by atoms with van der Waals surface area (Å²) in [6.45, 7) is 8.21. The first-order chi connectivity index (χ1) is 13.7. The number of anilines is 1. The lowest BCUT2D eigenvalue weighted by atomic mass is 9.96. The van der Waals surface area contributed by atoms with Gasteiger partial charge in [-0.1, -0.05) is 32.4 Å². The number of hydrogen-bond donors (Lipinski definition) is 2. The van der Waals surface area contributed by atoms with Crippen LogP contribution >= 0.6 is 11.6 Å². The minimum absolute atomic E-state index is 0.104. The quantitative estimate of drug-likeness (QED) is 0.630. The predicted molar refractivity (Wildman–Crippen MR) is 115 cm³/mol. The number of carbonyl (C=O) groups excluding carboxylic acids is 2. The van der Waals surface area contributed by atoms with Gasteiger partial charge in [-0.25, -0.2) is 0 Å². The van der Waals surface area contributed by atoms with Crippen molar-refractivity contribution < 1.29 is 19.1 Å². The fraction of sp³-hybridized carbons (Fsp3) is 0.364. The second kappa shape index (κ2) is 10.2. The molecule has 0 atom stereocenters. The van der Waals surface area contributed by atoms with Gasteiger partial charge in [0.25, 0.3) is 0 Å². The molecule has 0 saturated carbocycles. The Morgan fingerprint density at radius 1 is 1.03 bits per heavy atom. The van der Waals surface area contributed by atoms with Crippen molar-refractivity contribution >= 4 is 29.1 Å². The lowest BCUT2D eigenvalue weighted by Crippen LogP contribution is -2.36. The van der Waals surface area contributed by atoms with E-state index in [-0.39, 0.29) is 24.8 Å². The Balaban J connectivity index is 2.00. The number of amides is 2. The largest absolute Gasteiger partial charge is 0.494 e. The van der Waals surface area contributed by atoms with Crippen LogP contribution in [-0.4, -0.2) is 25.0 Å². The molecule has 2 aromatic carbocycles. The molecule has 0 aliphatic heterocycles. The molecule has 0 unspecified atom stereocenters. The Morgan fingerprint density at radius 2 is 1.69 bits per heavy atom. The standard InChI is InChI=1S/C22H27ClN2O4/c1-5-28-16-7-9-17(10-8-16)29-19-11-6-15(23)14-18(19)25-20(26)12-13-24-21(27)22(2,3)4/h6-11,14H,5,12-13H2,1-4H3,(H,24,27)(H,25,26). The van der Waals surface area contributed by atoms with Crippen LogP contribution in [0.1, 0.15) is 34.1 Å². The molecule has 29 heavy (non-hydrogen) atoms. The van der Waals surface area contributed by atoms with Gasteiger partial charge in [-0.15, -0.1) is 0 Å². The molecule has 156 valence electrons. The molecule has 0 spiro atoms. The Bertz CT molecular complexity index is 845. The summed E-state index contributed by atoms with van der Waals surface area (Å²) in [6, 6.07) is 12.2. The van der Waals surface area contributed by atoms with Gasteiger partial charge in [0.05, 0.1) is 12.3 Å². The van der Waals surface area contributed by atoms with E-state index in [4.69, 9.17) is 21.1 Å². The van der Waals surface area contributed by atoms with Crippen molar-refractivity contribution in [1.82, 2.24) is 5.32 Å². The molecule has 0 bridgehead atoms. The average molecular weight is 419 g/mol. The molecule has 0 fully saturated rings. The maximum absolute atomic E-state index is 12.3. The summed E-state index contributed by atoms with van der Waals surface area (Å²) in [5.74, 6) is 1.46. The van der Waals surface area contributed by atoms with Gasteiger partial charge in [-0.05, 0) is 49.4 Å². The first kappa shape index (κ1) is 22.6. The fourth-order valence-electron chi connectivity index (χ4n) is 2.35. The van der Waals surface area contributed by atoms with Crippen LogP contribution in [0.4, 0.5) is 5.69 Å². The van der Waals surface area contributed by atoms with Gasteiger partial charge in [0, 0.05) is 23.4 Å². The summed E-state index contributed by atoms with van der Waals surface area (Å²) in [5.41, 5.74) is -0.0409. The molecule has 0 heterocycles. The van der Waals surface area contributed by atoms with E-state index in [0.717, 1.165) is 5.75 Å². The van der Waals surface area contributed by atoms with Crippen molar-refractivity contribution in [2.45, 2.75) is 34.1 Å². The maximum atomic E-state index is 12.3. The van der Waals surface area contributed by atoms with Crippen LogP contribution in [0.3, 0.4) is 0 Å². The SMILES string of the molecule is CCOc1ccc(Oc2ccc(Cl)cc2NC(=O)CCNC(=O)C(C)(C)C)cc1. The van der Waals surface area contributed by atoms with Crippen molar-refractivity contribution in [3.63, 3.8) is 0 Å². The molecular weight excluding hydrogens is 392 g/mol. The average Bonchev–Trinajstić information content (AvgIpc) is 2.65. The predicted octanol–water partition coefficient (Wildman–Crippen LogP) is 5.02. The number of carbonyl (C=O) groups is 2. The van der Waals surface area contributed by atoms with E-state index in [1.54, 1.807) is 30.3 Å². The summed E-state index contributed by atoms with van der Waals surface area (Å²) in [4.78, 5) is 24.2. The van der Waals surface area contributed by atoms with E-state index in [1.807, 2.05) is 39.8 Å². The number of benzene rings is 2. The number of halogens is 1. The van der Waals surface area contributed by atoms with E-state index < -0.39 is 5.41 Å². The molecule has 0 aliphatic rings. The second-order valence-corrected chi connectivity index (χ2v) is 7.89. The monoisotopic (exact) mass is 418 g/mol. The highest BCUT2D eigenvalue weighted by molar-refractivity contribution is 6.31. The van der Waals surface area contributed by atoms with Crippen molar-refractivity contribution in [2.75, 3.05) is 18.5 Å². The molecule has 0 saturated heterocycles. The molecule has 0 aliphatic carbocycles. The molecular formula is C22H27ClN2O4. The molecule has 6 nitrogen and oxygen atoms in total. The van der Waals surface area contributed by atoms with Crippen LogP contribution in [-0.2, 0) is 9.59 Å². The zero-order valence-corrected chi connectivity index (χ0v) is 17.9. The molecule has 7 heteroatoms. The minimum atomic E-state index is -0.498. The summed E-state index contributed by atoms with van der Waals surface area (Å²) in [7, 11) is 0. The first-order valence-electron chi connectivity index (χ1n) is 9.47. The second-order valence-electron chi connectivity index (χ2n) is 7.45. The van der Waals surface area contributed by atoms with E-state index in [2.05, 4.69) is 10.6 Å². The number of hydrogen-bond acceptors (Lipinski definition) is 4. The Morgan fingerprint density at radius 3 is 2.31 bits per heavy atom. The van der Waals surface area contributed by atoms with Gasteiger partial charge in [0.2, 0.25) is 11.8 Å². The zero-order chi connectivity index (χ0) is 21.4. The van der Waals surface area contributed by atoms with E-state index in [9.17, 15) is 9.59 Å². The van der Waals surface area contributed by atoms with Crippen LogP contribution in [0.2, 0.25) is 5.02 Å². The van der Waals surface area contributed by atoms with Crippen molar-refractivity contribution in [3.8, 4) is 17.2 Å². The normalized spacial score (nSPS) is 10.9. The number of ether oxygens (including phenoxy) is 2. The van der Waals surface area contributed by atoms with Gasteiger partial charge in [-0.3, -0.25) is 9.59 Å². The van der Waals surface area contributed by atoms with Crippen LogP contribution in [0.25, 0.3) is 0 Å². The number of rotatable bonds is 8. The third-order valence-electron chi connectivity index (χ3n) is 3.90. The third kappa shape index (κ3) is 7.31. The maximum Gasteiger partial charge on any atom is 0.226 e. The van der Waals surface area contributed by atoms with E-state index in [0.29, 0.717) is 28.8 Å². The summed E-state index contributed by atoms with van der Waals surface area (Å²) in [6.07, 6.45) is 0.136. The highest BCUT2D eigenvalue weighted by Gasteiger charge is 2.20. The van der Waals surface area contributed by atoms with Crippen molar-refractivity contribution in [1.29, 1.82) is 0 Å². The van der Waals surface area contributed by atoms with Crippen molar-refractivity contribution in [3.05, 3.63) is 47.5 Å². The lowest BCUT2D eigenvalue weighted by Gasteiger charge is -2.17. The molecule has 0 aromatic heterocycles. The van der Waals surface area contributed by atoms with E-state index in [1.165, 1.54) is 0 Å². The van der Waals surface area contributed by atoms with Crippen molar-refractivity contribution in [2.24, 2.45) is 5.41 Å². The van der Waals surface area contributed by atoms with Gasteiger partial charge >= 0.3 is 0 Å². The first-order valence-corrected chi connectivity index (χ1v) is 9.85. The third-order valence-corrected chi connectivity index (χ3v) is 4.13. The highest BCUT2D eigenvalue weighted by atomic mass is 35.5. The van der Waals surface area contributed by atoms with Gasteiger partial charge in [0.15, 0.2) is 5.75 Å². The Hall–Kier alpha value is -2.73. The molecule has 2 aromatic rings. The van der Waals surface area contributed by atoms with Gasteiger partial charge < -0.3 is 20.1 Å². The van der Waals surface area contributed by atoms with Crippen LogP contribution in [0.15, 0.2) is 42.5 Å². The van der Waals surface area contributed by atoms with Gasteiger partial charge in [-0.2, -0.15) is 0 Å². The summed E-state index contributed by atoms with van der Waals surface area (Å²) in [5, 5.41) is 6.02. The van der Waals surface area contributed by atoms with E-state index >= 15 is 0 Å². The molecule has 0 radical (unpaired) electrons. The summed E-state index contributed by atoms with van der Waals surface area (Å²) >= 11 is 6.07. The minimum Gasteiger partial charge on any atom is -0.494 e. The topological polar surface area (TPSA) is 76.7 Å².